The highest BCUT2D eigenvalue weighted by atomic mass is 33.1. The van der Waals surface area contributed by atoms with Gasteiger partial charge in [-0.2, -0.15) is 0 Å². The first-order valence-corrected chi connectivity index (χ1v) is 59.8. The van der Waals surface area contributed by atoms with E-state index >= 15 is 0 Å². The van der Waals surface area contributed by atoms with Crippen LogP contribution in [0, 0.1) is 0 Å². The van der Waals surface area contributed by atoms with Crippen LogP contribution in [0.2, 0.25) is 0 Å². The normalized spacial score (nSPS) is 13.5. The summed E-state index contributed by atoms with van der Waals surface area (Å²) in [4.78, 5) is 57.9. The third-order valence-electron chi connectivity index (χ3n) is 18.3. The Bertz CT molecular complexity index is 2950. The van der Waals surface area contributed by atoms with Crippen LogP contribution in [0.5, 0.6) is 0 Å². The van der Waals surface area contributed by atoms with Crippen LogP contribution in [0.4, 0.5) is 0 Å². The highest BCUT2D eigenvalue weighted by Crippen LogP contribution is 2.27. The molecule has 0 spiro atoms. The molecule has 4 N–H and O–H groups in total. The van der Waals surface area contributed by atoms with E-state index in [4.69, 9.17) is 0 Å². The lowest BCUT2D eigenvalue weighted by molar-refractivity contribution is -0.122. The second-order valence-electron chi connectivity index (χ2n) is 32.8. The van der Waals surface area contributed by atoms with Crippen LogP contribution in [0.3, 0.4) is 0 Å². The van der Waals surface area contributed by atoms with Crippen LogP contribution in [0.25, 0.3) is 0 Å². The number of nitrogens with one attached hydrogen (secondary N) is 4. The largest absolute Gasteiger partial charge is 0.351 e. The van der Waals surface area contributed by atoms with Gasteiger partial charge in [0.1, 0.15) is 0 Å². The molecule has 12 nitrogen and oxygen atoms in total. The molecule has 0 aliphatic rings. The van der Waals surface area contributed by atoms with Gasteiger partial charge in [0.05, 0.1) is 24.2 Å². The molecule has 0 saturated heterocycles. The van der Waals surface area contributed by atoms with Crippen molar-refractivity contribution < 1.29 is 19.2 Å². The number of hydrogen-bond acceptors (Lipinski definition) is 16. The smallest absolute Gasteiger partial charge is 0.220 e. The Balaban J connectivity index is -0.000000823. The van der Waals surface area contributed by atoms with Crippen molar-refractivity contribution in [3.8, 4) is 0 Å². The summed E-state index contributed by atoms with van der Waals surface area (Å²) in [5, 5.41) is 12.9. The SMILES string of the molecule is CC/C=C/C/C=C/C/C=C/CCCSSCC(CN(C)C)NC(=O)CCC/C=C/C/C=C/C/C=C/CC.CC/C=C/C/C=C/CCCSSCC(CN(C)C)NC(=O)CCC/C=C/C/C=C/CC.CC/C=C/CCCSSCC(CN(C)C)NC(=O)CCC/C=C/CC.CC/C=C\C/C=C\C/C=C\CCCSSCC(CN(C)C)NC(=O)CCC/C=C\C/C=C\C/C=C\CC. The summed E-state index contributed by atoms with van der Waals surface area (Å²) in [7, 11) is 31.8. The van der Waals surface area contributed by atoms with Crippen LogP contribution < -0.4 is 21.3 Å². The number of unbranched alkanes of at least 4 members (excludes halogenated alkanes) is 8. The number of allylic oxidation sites excluding steroid dienone is 36. The lowest BCUT2D eigenvalue weighted by Gasteiger charge is -2.22. The number of hydrogen-bond donors (Lipinski definition) is 4. The van der Waals surface area contributed by atoms with Gasteiger partial charge >= 0.3 is 0 Å². The molecule has 0 bridgehead atoms. The average Bonchev–Trinajstić information content (AvgIpc) is 0.966. The van der Waals surface area contributed by atoms with E-state index in [0.717, 1.165) is 253 Å². The monoisotopic (exact) mass is 1950 g/mol. The molecule has 0 aromatic rings. The van der Waals surface area contributed by atoms with Gasteiger partial charge in [0, 0.05) is 97.9 Å². The van der Waals surface area contributed by atoms with E-state index in [9.17, 15) is 19.2 Å². The molecule has 0 heterocycles. The molecule has 4 amide bonds. The molecule has 0 aliphatic carbocycles. The van der Waals surface area contributed by atoms with Crippen LogP contribution in [-0.4, -0.2) is 196 Å². The van der Waals surface area contributed by atoms with Gasteiger partial charge in [-0.1, -0.05) is 360 Å². The Kier molecular flexibility index (Phi) is 115. The first kappa shape index (κ1) is 132. The number of amides is 4. The molecule has 744 valence electrons. The molecule has 4 unspecified atom stereocenters. The number of nitrogens with zero attached hydrogens (tertiary/aromatic N) is 4. The van der Waals surface area contributed by atoms with Crippen LogP contribution in [-0.2, 0) is 19.2 Å². The van der Waals surface area contributed by atoms with Crippen molar-refractivity contribution in [3.63, 3.8) is 0 Å². The highest BCUT2D eigenvalue weighted by Gasteiger charge is 2.18. The van der Waals surface area contributed by atoms with E-state index in [1.165, 1.54) is 37.9 Å². The molecule has 0 aromatic carbocycles. The van der Waals surface area contributed by atoms with Gasteiger partial charge in [0.2, 0.25) is 23.6 Å². The molecule has 4 atom stereocenters. The number of carbonyl (C=O) groups is 4. The van der Waals surface area contributed by atoms with Crippen LogP contribution in [0.15, 0.2) is 219 Å². The number of likely N-dealkylation sites (N-methyl/N-ethyl adjacent to an activating group) is 4. The van der Waals surface area contributed by atoms with Crippen molar-refractivity contribution in [1.29, 1.82) is 0 Å². The van der Waals surface area contributed by atoms with Crippen molar-refractivity contribution in [1.82, 2.24) is 40.9 Å². The van der Waals surface area contributed by atoms with E-state index in [1.54, 1.807) is 0 Å². The summed E-state index contributed by atoms with van der Waals surface area (Å²) in [6, 6.07) is 0.828. The summed E-state index contributed by atoms with van der Waals surface area (Å²) in [5.74, 6) is 9.15. The summed E-state index contributed by atoms with van der Waals surface area (Å²) in [6.45, 7) is 20.8. The van der Waals surface area contributed by atoms with Gasteiger partial charge < -0.3 is 40.9 Å². The topological polar surface area (TPSA) is 129 Å². The first-order valence-electron chi connectivity index (χ1n) is 49.8. The van der Waals surface area contributed by atoms with E-state index < -0.39 is 0 Å². The predicted molar refractivity (Wildman–Crippen MR) is 607 cm³/mol. The maximum absolute atomic E-state index is 12.4. The Morgan fingerprint density at radius 3 is 0.500 bits per heavy atom. The molecular formula is C110H192N8O4S8. The van der Waals surface area contributed by atoms with Crippen LogP contribution in [0.1, 0.15) is 299 Å². The lowest BCUT2D eigenvalue weighted by Crippen LogP contribution is -2.43. The molecule has 20 heteroatoms. The van der Waals surface area contributed by atoms with Crippen molar-refractivity contribution in [2.45, 2.75) is 324 Å². The summed E-state index contributed by atoms with van der Waals surface area (Å²) >= 11 is 0. The Labute approximate surface area is 834 Å². The molecule has 0 radical (unpaired) electrons. The minimum atomic E-state index is 0.175. The van der Waals surface area contributed by atoms with E-state index in [1.807, 2.05) is 86.4 Å². The number of rotatable bonds is 84. The molecule has 0 saturated carbocycles. The third kappa shape index (κ3) is 118. The quantitative estimate of drug-likeness (QED) is 0.0262. The van der Waals surface area contributed by atoms with Gasteiger partial charge in [-0.25, -0.2) is 0 Å². The summed E-state index contributed by atoms with van der Waals surface area (Å²) < 4.78 is 0. The summed E-state index contributed by atoms with van der Waals surface area (Å²) in [6.07, 6.45) is 118. The van der Waals surface area contributed by atoms with Gasteiger partial charge in [-0.05, 0) is 275 Å². The molecule has 130 heavy (non-hydrogen) atoms. The Morgan fingerprint density at radius 2 is 0.338 bits per heavy atom. The fourth-order valence-corrected chi connectivity index (χ4v) is 21.2. The first-order chi connectivity index (χ1) is 63.4. The third-order valence-corrected chi connectivity index (χ3v) is 28.6. The lowest BCUT2D eigenvalue weighted by atomic mass is 10.2. The van der Waals surface area contributed by atoms with Crippen molar-refractivity contribution >= 4 is 110 Å². The van der Waals surface area contributed by atoms with E-state index in [0.29, 0.717) is 25.7 Å². The van der Waals surface area contributed by atoms with Gasteiger partial charge in [0.25, 0.3) is 0 Å². The Morgan fingerprint density at radius 1 is 0.200 bits per heavy atom. The zero-order chi connectivity index (χ0) is 96.2. The molecule has 0 aliphatic heterocycles. The zero-order valence-electron chi connectivity index (χ0n) is 85.1. The Hall–Kier alpha value is -4.16. The average molecular weight is 1950 g/mol. The standard InChI is InChI=1S/2C32H54N2OS2.C26H46N2OS2.C20H38N2OS2/c2*1-5-7-9-11-13-15-17-19-21-23-25-27-32(35)33-31(29-34(3)4)30-37-36-28-26-24-22-20-18-16-14-12-10-8-6-2;1-5-7-9-11-13-15-17-19-21-26(29)27-25(23-28(3)4)24-31-30-22-20-18-16-14-12-10-8-6-2;1-5-7-9-11-13-15-20(23)21-19(17-22(3)4)18-25-24-16-14-12-10-8-6-2/h2*7-10,13-16,19-22,31H,5-6,11-12,17-18,23-30H2,1-4H3,(H,33,35);7-10,13-16,25H,5-6,11-12,17-24H2,1-4H3,(H,27,29);7-10,19H,5-6,11-18H2,1-4H3,(H,21,23)/b9-7+,10-8+,15-13+,16-14+,21-19+,22-20+;9-7-,10-8-,15-13-,16-14-,21-19-,22-20-;9-7+,10-8+,15-13+,16-14+;9-7+,10-8+. The molecule has 0 aromatic heterocycles. The fourth-order valence-electron chi connectivity index (χ4n) is 11.8. The zero-order valence-corrected chi connectivity index (χ0v) is 91.7. The second-order valence-corrected chi connectivity index (χ2v) is 43.3. The maximum Gasteiger partial charge on any atom is 0.220 e. The van der Waals surface area contributed by atoms with Gasteiger partial charge in [-0.15, -0.1) is 0 Å². The molecular weight excluding hydrogens is 1750 g/mol. The minimum Gasteiger partial charge on any atom is -0.351 e. The fraction of sp³-hybridized carbons (Fsp3) is 0.636. The minimum absolute atomic E-state index is 0.175. The van der Waals surface area contributed by atoms with Crippen molar-refractivity contribution in [2.75, 3.05) is 129 Å². The maximum atomic E-state index is 12.4. The van der Waals surface area contributed by atoms with Crippen LogP contribution >= 0.6 is 86.4 Å². The highest BCUT2D eigenvalue weighted by molar-refractivity contribution is 8.77. The van der Waals surface area contributed by atoms with E-state index in [2.05, 4.69) is 371 Å². The summed E-state index contributed by atoms with van der Waals surface area (Å²) in [5.41, 5.74) is 0. The van der Waals surface area contributed by atoms with E-state index in [-0.39, 0.29) is 47.8 Å². The van der Waals surface area contributed by atoms with Crippen molar-refractivity contribution in [2.24, 2.45) is 0 Å². The van der Waals surface area contributed by atoms with Gasteiger partial charge in [0.15, 0.2) is 0 Å². The van der Waals surface area contributed by atoms with Crippen molar-refractivity contribution in [3.05, 3.63) is 219 Å². The second kappa shape index (κ2) is 114. The van der Waals surface area contributed by atoms with Gasteiger partial charge in [-0.3, -0.25) is 19.2 Å². The predicted octanol–water partition coefficient (Wildman–Crippen LogP) is 30.7. The molecule has 0 rings (SSSR count). The number of carbonyl (C=O) groups excluding carboxylic acids is 4. The molecule has 0 fully saturated rings.